The van der Waals surface area contributed by atoms with Gasteiger partial charge in [0.2, 0.25) is 5.91 Å². The van der Waals surface area contributed by atoms with E-state index in [9.17, 15) is 9.59 Å². The van der Waals surface area contributed by atoms with E-state index in [2.05, 4.69) is 5.32 Å². The highest BCUT2D eigenvalue weighted by Crippen LogP contribution is 2.32. The fraction of sp³-hybridized carbons (Fsp3) is 0.212. The molecule has 5 rings (SSSR count). The number of hydrogen-bond donors (Lipinski definition) is 1. The van der Waals surface area contributed by atoms with Crippen molar-refractivity contribution in [2.24, 2.45) is 5.92 Å². The Hall–Kier alpha value is -4.38. The summed E-state index contributed by atoms with van der Waals surface area (Å²) in [5, 5.41) is 3.26. The molecule has 3 amide bonds. The van der Waals surface area contributed by atoms with Gasteiger partial charge in [0.05, 0.1) is 11.4 Å². The zero-order valence-corrected chi connectivity index (χ0v) is 21.4. The molecule has 0 aromatic heterocycles. The highest BCUT2D eigenvalue weighted by Gasteiger charge is 2.28. The van der Waals surface area contributed by atoms with Crippen LogP contribution in [0.5, 0.6) is 0 Å². The number of nitrogens with one attached hydrogen (secondary N) is 1. The largest absolute Gasteiger partial charge is 0.335 e. The minimum absolute atomic E-state index is 0.0862. The van der Waals surface area contributed by atoms with Gasteiger partial charge in [0, 0.05) is 23.8 Å². The molecule has 0 saturated heterocycles. The third-order valence-corrected chi connectivity index (χ3v) is 7.15. The topological polar surface area (TPSA) is 52.7 Å². The summed E-state index contributed by atoms with van der Waals surface area (Å²) in [7, 11) is 0. The second-order valence-electron chi connectivity index (χ2n) is 9.78. The van der Waals surface area contributed by atoms with E-state index in [4.69, 9.17) is 0 Å². The minimum atomic E-state index is -0.124. The maximum atomic E-state index is 13.5. The number of hydrogen-bond acceptors (Lipinski definition) is 2. The molecule has 1 N–H and O–H groups in total. The smallest absolute Gasteiger partial charge is 0.326 e. The first-order valence-corrected chi connectivity index (χ1v) is 13.3. The summed E-state index contributed by atoms with van der Waals surface area (Å²) in [6.07, 6.45) is 4.02. The van der Waals surface area contributed by atoms with Crippen LogP contribution in [0.15, 0.2) is 121 Å². The second kappa shape index (κ2) is 12.2. The molecule has 38 heavy (non-hydrogen) atoms. The standard InChI is InChI=1S/C33H33N3O2/c37-32(35(28-13-5-1-6-14-28)29-15-7-2-8-16-29)25-26-21-23-27(24-22-26)34-33(38)36(30-17-9-3-10-18-30)31-19-11-4-12-20-31/h1-20,26-27H,21-25H2,(H,34,38). The molecule has 0 spiro atoms. The van der Waals surface area contributed by atoms with Gasteiger partial charge in [-0.05, 0) is 80.1 Å². The van der Waals surface area contributed by atoms with Gasteiger partial charge in [-0.25, -0.2) is 4.79 Å². The number of benzene rings is 4. The lowest BCUT2D eigenvalue weighted by Gasteiger charge is -2.32. The molecule has 1 aliphatic rings. The zero-order valence-electron chi connectivity index (χ0n) is 21.4. The van der Waals surface area contributed by atoms with Crippen molar-refractivity contribution in [3.8, 4) is 0 Å². The van der Waals surface area contributed by atoms with Gasteiger partial charge < -0.3 is 5.32 Å². The van der Waals surface area contributed by atoms with E-state index in [0.717, 1.165) is 48.4 Å². The van der Waals surface area contributed by atoms with Gasteiger partial charge in [0.15, 0.2) is 0 Å². The summed E-state index contributed by atoms with van der Waals surface area (Å²) >= 11 is 0. The fourth-order valence-electron chi connectivity index (χ4n) is 5.22. The van der Waals surface area contributed by atoms with E-state index < -0.39 is 0 Å². The average molecular weight is 504 g/mol. The number of amides is 3. The SMILES string of the molecule is O=C(CC1CCC(NC(=O)N(c2ccccc2)c2ccccc2)CC1)N(c1ccccc1)c1ccccc1. The van der Waals surface area contributed by atoms with Crippen molar-refractivity contribution < 1.29 is 9.59 Å². The summed E-state index contributed by atoms with van der Waals surface area (Å²) in [5.41, 5.74) is 3.42. The quantitative estimate of drug-likeness (QED) is 0.279. The third kappa shape index (κ3) is 6.12. The Morgan fingerprint density at radius 3 is 1.32 bits per heavy atom. The van der Waals surface area contributed by atoms with Crippen LogP contribution in [0.4, 0.5) is 27.5 Å². The Labute approximate surface area is 224 Å². The van der Waals surface area contributed by atoms with Crippen LogP contribution in [0.25, 0.3) is 0 Å². The van der Waals surface area contributed by atoms with Crippen molar-refractivity contribution in [1.29, 1.82) is 0 Å². The lowest BCUT2D eigenvalue weighted by atomic mass is 9.83. The average Bonchev–Trinajstić information content (AvgIpc) is 2.97. The van der Waals surface area contributed by atoms with Crippen molar-refractivity contribution in [2.75, 3.05) is 9.80 Å². The van der Waals surface area contributed by atoms with Gasteiger partial charge in [0.25, 0.3) is 0 Å². The van der Waals surface area contributed by atoms with E-state index in [0.29, 0.717) is 12.3 Å². The Morgan fingerprint density at radius 2 is 0.921 bits per heavy atom. The number of carbonyl (C=O) groups is 2. The lowest BCUT2D eigenvalue weighted by Crippen LogP contribution is -2.44. The highest BCUT2D eigenvalue weighted by atomic mass is 16.2. The number of carbonyl (C=O) groups excluding carboxylic acids is 2. The first-order chi connectivity index (χ1) is 18.7. The van der Waals surface area contributed by atoms with Crippen LogP contribution in [0.3, 0.4) is 0 Å². The molecule has 5 heteroatoms. The van der Waals surface area contributed by atoms with Gasteiger partial charge in [-0.2, -0.15) is 0 Å². The first kappa shape index (κ1) is 25.3. The van der Waals surface area contributed by atoms with Crippen molar-refractivity contribution >= 4 is 34.7 Å². The molecule has 4 aromatic rings. The van der Waals surface area contributed by atoms with Crippen LogP contribution in [0.1, 0.15) is 32.1 Å². The molecule has 0 atom stereocenters. The summed E-state index contributed by atoms with van der Waals surface area (Å²) in [6, 6.07) is 39.1. The molecule has 5 nitrogen and oxygen atoms in total. The summed E-state index contributed by atoms with van der Waals surface area (Å²) < 4.78 is 0. The fourth-order valence-corrected chi connectivity index (χ4v) is 5.22. The number of nitrogens with zero attached hydrogens (tertiary/aromatic N) is 2. The Morgan fingerprint density at radius 1 is 0.553 bits per heavy atom. The van der Waals surface area contributed by atoms with Crippen molar-refractivity contribution in [3.63, 3.8) is 0 Å². The Balaban J connectivity index is 1.21. The molecule has 0 aliphatic heterocycles. The molecular formula is C33H33N3O2. The second-order valence-corrected chi connectivity index (χ2v) is 9.78. The van der Waals surface area contributed by atoms with E-state index in [1.54, 1.807) is 4.90 Å². The number of para-hydroxylation sites is 4. The van der Waals surface area contributed by atoms with Crippen LogP contribution < -0.4 is 15.1 Å². The van der Waals surface area contributed by atoms with Crippen LogP contribution in [0.2, 0.25) is 0 Å². The van der Waals surface area contributed by atoms with Crippen molar-refractivity contribution in [3.05, 3.63) is 121 Å². The molecular weight excluding hydrogens is 470 g/mol. The maximum absolute atomic E-state index is 13.5. The maximum Gasteiger partial charge on any atom is 0.326 e. The van der Waals surface area contributed by atoms with E-state index >= 15 is 0 Å². The van der Waals surface area contributed by atoms with Gasteiger partial charge in [-0.3, -0.25) is 14.6 Å². The monoisotopic (exact) mass is 503 g/mol. The highest BCUT2D eigenvalue weighted by molar-refractivity contribution is 6.01. The normalized spacial score (nSPS) is 16.8. The van der Waals surface area contributed by atoms with Crippen molar-refractivity contribution in [1.82, 2.24) is 5.32 Å². The minimum Gasteiger partial charge on any atom is -0.335 e. The van der Waals surface area contributed by atoms with Crippen LogP contribution in [-0.2, 0) is 4.79 Å². The molecule has 192 valence electrons. The van der Waals surface area contributed by atoms with E-state index in [1.807, 2.05) is 126 Å². The van der Waals surface area contributed by atoms with Gasteiger partial charge in [-0.1, -0.05) is 72.8 Å². The van der Waals surface area contributed by atoms with Crippen LogP contribution in [0, 0.1) is 5.92 Å². The van der Waals surface area contributed by atoms with E-state index in [-0.39, 0.29) is 18.0 Å². The summed E-state index contributed by atoms with van der Waals surface area (Å²) in [4.78, 5) is 30.5. The van der Waals surface area contributed by atoms with Gasteiger partial charge in [-0.15, -0.1) is 0 Å². The predicted octanol–water partition coefficient (Wildman–Crippen LogP) is 7.85. The number of urea groups is 1. The first-order valence-electron chi connectivity index (χ1n) is 13.3. The summed E-state index contributed by atoms with van der Waals surface area (Å²) in [5.74, 6) is 0.402. The third-order valence-electron chi connectivity index (χ3n) is 7.15. The van der Waals surface area contributed by atoms with Crippen LogP contribution >= 0.6 is 0 Å². The van der Waals surface area contributed by atoms with Gasteiger partial charge in [0.1, 0.15) is 0 Å². The molecule has 4 aromatic carbocycles. The molecule has 0 radical (unpaired) electrons. The molecule has 0 unspecified atom stereocenters. The predicted molar refractivity (Wildman–Crippen MR) is 154 cm³/mol. The lowest BCUT2D eigenvalue weighted by molar-refractivity contribution is -0.119. The number of anilines is 4. The molecule has 0 bridgehead atoms. The number of rotatable bonds is 7. The molecule has 0 heterocycles. The molecule has 1 fully saturated rings. The van der Waals surface area contributed by atoms with Crippen molar-refractivity contribution in [2.45, 2.75) is 38.1 Å². The molecule has 1 saturated carbocycles. The van der Waals surface area contributed by atoms with E-state index in [1.165, 1.54) is 0 Å². The Kier molecular flexibility index (Phi) is 8.14. The Bertz CT molecular complexity index is 1120. The summed E-state index contributed by atoms with van der Waals surface area (Å²) in [6.45, 7) is 0. The van der Waals surface area contributed by atoms with Gasteiger partial charge >= 0.3 is 6.03 Å². The van der Waals surface area contributed by atoms with Crippen LogP contribution in [-0.4, -0.2) is 18.0 Å². The molecule has 1 aliphatic carbocycles. The zero-order chi connectivity index (χ0) is 26.2.